The van der Waals surface area contributed by atoms with Gasteiger partial charge in [-0.15, -0.1) is 0 Å². The van der Waals surface area contributed by atoms with Crippen molar-refractivity contribution in [2.75, 3.05) is 0 Å². The molecule has 76 valence electrons. The zero-order valence-electron chi connectivity index (χ0n) is 9.64. The molecule has 2 bridgehead atoms. The van der Waals surface area contributed by atoms with Crippen molar-refractivity contribution in [1.82, 2.24) is 0 Å². The second-order valence-electron chi connectivity index (χ2n) is 6.33. The summed E-state index contributed by atoms with van der Waals surface area (Å²) in [6, 6.07) is 0. The third-order valence-corrected chi connectivity index (χ3v) is 4.78. The van der Waals surface area contributed by atoms with Gasteiger partial charge in [0.05, 0.1) is 0 Å². The van der Waals surface area contributed by atoms with Crippen LogP contribution in [0.2, 0.25) is 0 Å². The van der Waals surface area contributed by atoms with Crippen molar-refractivity contribution in [3.63, 3.8) is 0 Å². The standard InChI is InChI=1S/C13H24/c1-9(2)7-10-5-6-11-8-12(10)13(11,3)4/h9-12H,5-8H2,1-4H3/t10?,11-,12-/m1/s1. The molecule has 3 atom stereocenters. The monoisotopic (exact) mass is 180 g/mol. The maximum atomic E-state index is 2.50. The minimum Gasteiger partial charge on any atom is -0.0628 e. The van der Waals surface area contributed by atoms with E-state index >= 15 is 0 Å². The van der Waals surface area contributed by atoms with Gasteiger partial charge in [0, 0.05) is 0 Å². The Morgan fingerprint density at radius 1 is 1.23 bits per heavy atom. The predicted octanol–water partition coefficient (Wildman–Crippen LogP) is 4.10. The van der Waals surface area contributed by atoms with Crippen molar-refractivity contribution in [1.29, 1.82) is 0 Å². The van der Waals surface area contributed by atoms with Crippen LogP contribution < -0.4 is 0 Å². The summed E-state index contributed by atoms with van der Waals surface area (Å²) in [4.78, 5) is 0. The van der Waals surface area contributed by atoms with Crippen LogP contribution in [0.4, 0.5) is 0 Å². The minimum atomic E-state index is 0.692. The molecule has 0 aliphatic heterocycles. The molecule has 0 aromatic rings. The van der Waals surface area contributed by atoms with Gasteiger partial charge in [0.25, 0.3) is 0 Å². The fourth-order valence-electron chi connectivity index (χ4n) is 3.85. The van der Waals surface area contributed by atoms with E-state index in [2.05, 4.69) is 27.7 Å². The molecule has 13 heavy (non-hydrogen) atoms. The molecule has 1 unspecified atom stereocenters. The van der Waals surface area contributed by atoms with Gasteiger partial charge in [-0.1, -0.05) is 27.7 Å². The molecule has 0 spiro atoms. The van der Waals surface area contributed by atoms with Crippen LogP contribution in [0, 0.1) is 29.1 Å². The smallest absolute Gasteiger partial charge is 0.0295 e. The Hall–Kier alpha value is 0. The SMILES string of the molecule is CC(C)CC1CC[C@@H]2C[C@H]1C2(C)C. The Bertz CT molecular complexity index is 188. The Kier molecular flexibility index (Phi) is 2.20. The van der Waals surface area contributed by atoms with Crippen molar-refractivity contribution in [3.8, 4) is 0 Å². The van der Waals surface area contributed by atoms with Crippen LogP contribution in [0.3, 0.4) is 0 Å². The second kappa shape index (κ2) is 3.00. The van der Waals surface area contributed by atoms with E-state index in [4.69, 9.17) is 0 Å². The first-order valence-electron chi connectivity index (χ1n) is 6.01. The molecule has 0 heteroatoms. The van der Waals surface area contributed by atoms with Gasteiger partial charge in [-0.25, -0.2) is 0 Å². The minimum absolute atomic E-state index is 0.692. The van der Waals surface area contributed by atoms with Gasteiger partial charge in [0.1, 0.15) is 0 Å². The zero-order valence-corrected chi connectivity index (χ0v) is 9.64. The molecule has 3 aliphatic carbocycles. The van der Waals surface area contributed by atoms with E-state index in [0.29, 0.717) is 5.41 Å². The Morgan fingerprint density at radius 2 is 1.92 bits per heavy atom. The van der Waals surface area contributed by atoms with Crippen LogP contribution in [-0.2, 0) is 0 Å². The van der Waals surface area contributed by atoms with Crippen LogP contribution in [0.25, 0.3) is 0 Å². The third kappa shape index (κ3) is 1.43. The maximum absolute atomic E-state index is 2.50. The van der Waals surface area contributed by atoms with Gasteiger partial charge in [0.15, 0.2) is 0 Å². The lowest BCUT2D eigenvalue weighted by molar-refractivity contribution is -0.109. The highest BCUT2D eigenvalue weighted by atomic mass is 14.6. The van der Waals surface area contributed by atoms with Gasteiger partial charge in [-0.2, -0.15) is 0 Å². The molecule has 0 amide bonds. The Balaban J connectivity index is 1.99. The van der Waals surface area contributed by atoms with Gasteiger partial charge in [0.2, 0.25) is 0 Å². The van der Waals surface area contributed by atoms with Gasteiger partial charge >= 0.3 is 0 Å². The highest BCUT2D eigenvalue weighted by molar-refractivity contribution is 5.03. The molecule has 3 aliphatic rings. The molecule has 0 N–H and O–H groups in total. The number of rotatable bonds is 2. The molecule has 3 fully saturated rings. The average molecular weight is 180 g/mol. The summed E-state index contributed by atoms with van der Waals surface area (Å²) in [6.07, 6.45) is 6.06. The van der Waals surface area contributed by atoms with Crippen LogP contribution in [0.1, 0.15) is 53.4 Å². The molecule has 0 nitrogen and oxygen atoms in total. The fourth-order valence-corrected chi connectivity index (χ4v) is 3.85. The Labute approximate surface area is 83.1 Å². The maximum Gasteiger partial charge on any atom is -0.0295 e. The van der Waals surface area contributed by atoms with Crippen LogP contribution in [0.15, 0.2) is 0 Å². The van der Waals surface area contributed by atoms with Crippen LogP contribution >= 0.6 is 0 Å². The van der Waals surface area contributed by atoms with E-state index in [1.165, 1.54) is 19.3 Å². The van der Waals surface area contributed by atoms with Gasteiger partial charge in [-0.3, -0.25) is 0 Å². The molecular formula is C13H24. The van der Waals surface area contributed by atoms with Crippen molar-refractivity contribution in [2.45, 2.75) is 53.4 Å². The number of hydrogen-bond acceptors (Lipinski definition) is 0. The van der Waals surface area contributed by atoms with E-state index in [9.17, 15) is 0 Å². The van der Waals surface area contributed by atoms with E-state index in [1.54, 1.807) is 6.42 Å². The van der Waals surface area contributed by atoms with Gasteiger partial charge < -0.3 is 0 Å². The fraction of sp³-hybridized carbons (Fsp3) is 1.00. The number of fused-ring (bicyclic) bond motifs is 2. The summed E-state index contributed by atoms with van der Waals surface area (Å²) in [5.41, 5.74) is 0.692. The molecule has 0 heterocycles. The molecule has 0 saturated heterocycles. The van der Waals surface area contributed by atoms with Crippen molar-refractivity contribution in [3.05, 3.63) is 0 Å². The summed E-state index contributed by atoms with van der Waals surface area (Å²) in [6.45, 7) is 9.74. The topological polar surface area (TPSA) is 0 Å². The first-order chi connectivity index (χ1) is 6.01. The lowest BCUT2D eigenvalue weighted by Crippen LogP contribution is -2.52. The van der Waals surface area contributed by atoms with Crippen molar-refractivity contribution < 1.29 is 0 Å². The largest absolute Gasteiger partial charge is 0.0628 e. The molecule has 0 aromatic heterocycles. The lowest BCUT2D eigenvalue weighted by Gasteiger charge is -2.60. The first kappa shape index (κ1) is 9.55. The first-order valence-corrected chi connectivity index (χ1v) is 6.01. The van der Waals surface area contributed by atoms with Crippen LogP contribution in [0.5, 0.6) is 0 Å². The zero-order chi connectivity index (χ0) is 9.64. The van der Waals surface area contributed by atoms with E-state index in [-0.39, 0.29) is 0 Å². The van der Waals surface area contributed by atoms with Crippen molar-refractivity contribution >= 4 is 0 Å². The third-order valence-electron chi connectivity index (χ3n) is 4.78. The van der Waals surface area contributed by atoms with Crippen molar-refractivity contribution in [2.24, 2.45) is 29.1 Å². The summed E-state index contributed by atoms with van der Waals surface area (Å²) in [5, 5.41) is 0. The van der Waals surface area contributed by atoms with E-state index in [0.717, 1.165) is 23.7 Å². The van der Waals surface area contributed by atoms with Gasteiger partial charge in [-0.05, 0) is 54.8 Å². The summed E-state index contributed by atoms with van der Waals surface area (Å²) in [7, 11) is 0. The summed E-state index contributed by atoms with van der Waals surface area (Å²) < 4.78 is 0. The molecule has 3 rings (SSSR count). The summed E-state index contributed by atoms with van der Waals surface area (Å²) in [5.74, 6) is 4.09. The predicted molar refractivity (Wildman–Crippen MR) is 57.6 cm³/mol. The molecule has 3 saturated carbocycles. The number of hydrogen-bond donors (Lipinski definition) is 0. The molecule has 0 radical (unpaired) electrons. The molecule has 0 aromatic carbocycles. The lowest BCUT2D eigenvalue weighted by atomic mass is 9.45. The average Bonchev–Trinajstić information content (AvgIpc) is 2.03. The van der Waals surface area contributed by atoms with E-state index in [1.807, 2.05) is 0 Å². The second-order valence-corrected chi connectivity index (χ2v) is 6.33. The highest BCUT2D eigenvalue weighted by Crippen LogP contribution is 2.62. The quantitative estimate of drug-likeness (QED) is 0.600. The summed E-state index contributed by atoms with van der Waals surface area (Å²) >= 11 is 0. The Morgan fingerprint density at radius 3 is 2.38 bits per heavy atom. The van der Waals surface area contributed by atoms with Crippen LogP contribution in [-0.4, -0.2) is 0 Å². The highest BCUT2D eigenvalue weighted by Gasteiger charge is 2.53. The normalized spacial score (nSPS) is 41.8. The van der Waals surface area contributed by atoms with E-state index < -0.39 is 0 Å². The molecular weight excluding hydrogens is 156 g/mol.